The molecule has 0 amide bonds. The molecule has 0 saturated heterocycles. The highest BCUT2D eigenvalue weighted by Crippen LogP contribution is 2.29. The maximum absolute atomic E-state index is 13.5. The monoisotopic (exact) mass is 458 g/mol. The van der Waals surface area contributed by atoms with Crippen LogP contribution in [0.4, 0.5) is 0 Å². The van der Waals surface area contributed by atoms with Crippen molar-refractivity contribution in [2.24, 2.45) is 5.41 Å². The highest BCUT2D eigenvalue weighted by atomic mass is 32.1. The van der Waals surface area contributed by atoms with E-state index < -0.39 is 17.0 Å². The van der Waals surface area contributed by atoms with Gasteiger partial charge in [-0.05, 0) is 36.0 Å². The van der Waals surface area contributed by atoms with Crippen LogP contribution in [0.1, 0.15) is 32.8 Å². The summed E-state index contributed by atoms with van der Waals surface area (Å²) in [7, 11) is 0. The first-order valence-electron chi connectivity index (χ1n) is 10.8. The third-order valence-corrected chi connectivity index (χ3v) is 7.66. The van der Waals surface area contributed by atoms with Crippen LogP contribution in [0.25, 0.3) is 41.7 Å². The first-order valence-corrected chi connectivity index (χ1v) is 11.7. The molecule has 33 heavy (non-hydrogen) atoms. The Labute approximate surface area is 192 Å². The molecule has 5 aromatic rings. The molecule has 1 aromatic heterocycles. The van der Waals surface area contributed by atoms with Crippen molar-refractivity contribution >= 4 is 53.1 Å². The van der Waals surface area contributed by atoms with Crippen LogP contribution in [0.5, 0.6) is 0 Å². The van der Waals surface area contributed by atoms with Gasteiger partial charge in [-0.1, -0.05) is 51.1 Å². The van der Waals surface area contributed by atoms with Crippen LogP contribution in [-0.2, 0) is 6.42 Å². The number of hydrogen-bond acceptors (Lipinski definition) is 6. The van der Waals surface area contributed by atoms with Gasteiger partial charge in [0.25, 0.3) is 0 Å². The van der Waals surface area contributed by atoms with Gasteiger partial charge in [-0.3, -0.25) is 19.2 Å². The van der Waals surface area contributed by atoms with Crippen LogP contribution in [0.2, 0.25) is 0 Å². The lowest BCUT2D eigenvalue weighted by molar-refractivity contribution is 0.0560. The summed E-state index contributed by atoms with van der Waals surface area (Å²) in [6.45, 7) is 5.89. The Morgan fingerprint density at radius 2 is 1.27 bits per heavy atom. The third kappa shape index (κ3) is 3.24. The van der Waals surface area contributed by atoms with Crippen molar-refractivity contribution in [1.29, 1.82) is 0 Å². The van der Waals surface area contributed by atoms with E-state index in [4.69, 9.17) is 0 Å². The molecule has 5 nitrogen and oxygen atoms in total. The Morgan fingerprint density at radius 1 is 0.758 bits per heavy atom. The maximum atomic E-state index is 13.5. The summed E-state index contributed by atoms with van der Waals surface area (Å²) in [6, 6.07) is 11.6. The van der Waals surface area contributed by atoms with Crippen molar-refractivity contribution in [3.63, 3.8) is 0 Å². The van der Waals surface area contributed by atoms with Crippen molar-refractivity contribution in [3.8, 4) is 0 Å². The Morgan fingerprint density at radius 3 is 1.85 bits per heavy atom. The lowest BCUT2D eigenvalue weighted by atomic mass is 9.85. The fourth-order valence-corrected chi connectivity index (χ4v) is 5.65. The van der Waals surface area contributed by atoms with Crippen LogP contribution < -0.4 is 21.7 Å². The second-order valence-corrected chi connectivity index (χ2v) is 10.7. The van der Waals surface area contributed by atoms with E-state index >= 15 is 0 Å². The van der Waals surface area contributed by atoms with E-state index in [1.807, 2.05) is 20.8 Å². The molecular formula is C27H22O5S. The van der Waals surface area contributed by atoms with Crippen molar-refractivity contribution < 1.29 is 5.11 Å². The first kappa shape index (κ1) is 21.6. The molecule has 0 spiro atoms. The molecule has 5 rings (SSSR count). The van der Waals surface area contributed by atoms with Crippen molar-refractivity contribution in [2.45, 2.75) is 39.7 Å². The number of thiophene rings is 1. The quantitative estimate of drug-likeness (QED) is 0.441. The van der Waals surface area contributed by atoms with E-state index in [-0.39, 0.29) is 52.6 Å². The average Bonchev–Trinajstić information content (AvgIpc) is 3.20. The molecule has 1 unspecified atom stereocenters. The maximum Gasteiger partial charge on any atom is 0.204 e. The van der Waals surface area contributed by atoms with Gasteiger partial charge in [-0.15, -0.1) is 11.3 Å². The zero-order valence-electron chi connectivity index (χ0n) is 18.5. The first-order chi connectivity index (χ1) is 15.6. The predicted molar refractivity (Wildman–Crippen MR) is 136 cm³/mol. The van der Waals surface area contributed by atoms with Crippen molar-refractivity contribution in [2.75, 3.05) is 0 Å². The minimum absolute atomic E-state index is 0.0484. The lowest BCUT2D eigenvalue weighted by Gasteiger charge is -2.25. The molecule has 0 bridgehead atoms. The molecule has 0 aliphatic heterocycles. The Balaban J connectivity index is 1.81. The number of aliphatic hydroxyl groups is 1. The highest BCUT2D eigenvalue weighted by molar-refractivity contribution is 7.25. The zero-order valence-corrected chi connectivity index (χ0v) is 19.3. The summed E-state index contributed by atoms with van der Waals surface area (Å²) < 4.78 is 0.314. The van der Waals surface area contributed by atoms with Gasteiger partial charge in [0.15, 0.2) is 10.9 Å². The standard InChI is InChI=1S/C27H22O5S/c1-27(2,3)18(28)11-9-13-8-10-16-17(12-13)22(30)20-19-21(29)14-6-4-5-7-15(14)23(31)25(19)33-26(20)24(16)32/h4-8,10,12,18,28H,9,11H2,1-3H3. The van der Waals surface area contributed by atoms with Crippen LogP contribution in [-0.4, -0.2) is 11.2 Å². The van der Waals surface area contributed by atoms with Crippen LogP contribution >= 0.6 is 11.3 Å². The van der Waals surface area contributed by atoms with Crippen LogP contribution in [0.15, 0.2) is 61.6 Å². The minimum Gasteiger partial charge on any atom is -0.393 e. The minimum atomic E-state index is -0.509. The molecule has 0 aliphatic rings. The molecule has 0 fully saturated rings. The zero-order chi connectivity index (χ0) is 23.7. The Bertz CT molecular complexity index is 1800. The second kappa shape index (κ2) is 7.40. The molecule has 6 heteroatoms. The topological polar surface area (TPSA) is 88.5 Å². The summed E-state index contributed by atoms with van der Waals surface area (Å²) in [5.74, 6) is 0. The summed E-state index contributed by atoms with van der Waals surface area (Å²) in [4.78, 5) is 53.1. The van der Waals surface area contributed by atoms with Gasteiger partial charge in [-0.2, -0.15) is 0 Å². The summed E-state index contributed by atoms with van der Waals surface area (Å²) in [6.07, 6.45) is 0.560. The summed E-state index contributed by atoms with van der Waals surface area (Å²) >= 11 is 0.936. The van der Waals surface area contributed by atoms with E-state index in [2.05, 4.69) is 0 Å². The van der Waals surface area contributed by atoms with Gasteiger partial charge in [-0.25, -0.2) is 0 Å². The van der Waals surface area contributed by atoms with Gasteiger partial charge in [0, 0.05) is 21.5 Å². The number of fused-ring (bicyclic) bond motifs is 5. The molecule has 0 radical (unpaired) electrons. The summed E-state index contributed by atoms with van der Waals surface area (Å²) in [5.41, 5.74) is -0.902. The SMILES string of the molecule is CC(C)(C)C(O)CCc1ccc2c(=O)c3sc4c(=O)c5ccccc5c(=O)c4c3c(=O)c2c1. The van der Waals surface area contributed by atoms with E-state index in [1.165, 1.54) is 0 Å². The summed E-state index contributed by atoms with van der Waals surface area (Å²) in [5, 5.41) is 11.5. The van der Waals surface area contributed by atoms with E-state index in [9.17, 15) is 24.3 Å². The largest absolute Gasteiger partial charge is 0.393 e. The van der Waals surface area contributed by atoms with E-state index in [0.717, 1.165) is 16.9 Å². The third-order valence-electron chi connectivity index (χ3n) is 6.47. The highest BCUT2D eigenvalue weighted by Gasteiger charge is 2.23. The second-order valence-electron chi connectivity index (χ2n) is 9.67. The van der Waals surface area contributed by atoms with Crippen molar-refractivity contribution in [3.05, 3.63) is 88.9 Å². The smallest absolute Gasteiger partial charge is 0.204 e. The molecule has 166 valence electrons. The predicted octanol–water partition coefficient (Wildman–Crippen LogP) is 4.02. The fourth-order valence-electron chi connectivity index (χ4n) is 4.45. The van der Waals surface area contributed by atoms with Gasteiger partial charge in [0.2, 0.25) is 10.9 Å². The Kier molecular flexibility index (Phi) is 4.85. The number of benzene rings is 4. The molecular weight excluding hydrogens is 436 g/mol. The number of aliphatic hydroxyl groups excluding tert-OH is 1. The number of hydrogen-bond donors (Lipinski definition) is 1. The van der Waals surface area contributed by atoms with Crippen LogP contribution in [0, 0.1) is 5.41 Å². The number of aryl methyl sites for hydroxylation is 1. The molecule has 0 aliphatic carbocycles. The van der Waals surface area contributed by atoms with Gasteiger partial charge in [0.05, 0.1) is 26.3 Å². The van der Waals surface area contributed by atoms with E-state index in [1.54, 1.807) is 42.5 Å². The van der Waals surface area contributed by atoms with Gasteiger partial charge >= 0.3 is 0 Å². The molecule has 4 aromatic carbocycles. The van der Waals surface area contributed by atoms with E-state index in [0.29, 0.717) is 18.2 Å². The molecule has 1 atom stereocenters. The normalized spacial score (nSPS) is 13.5. The van der Waals surface area contributed by atoms with Gasteiger partial charge in [0.1, 0.15) is 0 Å². The molecule has 0 saturated carbocycles. The number of rotatable bonds is 3. The van der Waals surface area contributed by atoms with Crippen molar-refractivity contribution in [1.82, 2.24) is 0 Å². The van der Waals surface area contributed by atoms with Gasteiger partial charge < -0.3 is 5.11 Å². The fraction of sp³-hybridized carbons (Fsp3) is 0.259. The molecule has 1 N–H and O–H groups in total. The van der Waals surface area contributed by atoms with Crippen LogP contribution in [0.3, 0.4) is 0 Å². The average molecular weight is 459 g/mol. The molecule has 1 heterocycles. The Hall–Kier alpha value is -3.22. The lowest BCUT2D eigenvalue weighted by Crippen LogP contribution is -2.26.